The molecule has 2 heterocycles. The fourth-order valence-corrected chi connectivity index (χ4v) is 2.79. The maximum atomic E-state index is 6.25. The second kappa shape index (κ2) is 4.76. The van der Waals surface area contributed by atoms with Gasteiger partial charge in [0.1, 0.15) is 0 Å². The van der Waals surface area contributed by atoms with E-state index in [1.54, 1.807) is 11.3 Å². The van der Waals surface area contributed by atoms with E-state index in [-0.39, 0.29) is 17.9 Å². The lowest BCUT2D eigenvalue weighted by Gasteiger charge is -2.17. The molecular weight excluding hydrogens is 258 g/mol. The lowest BCUT2D eigenvalue weighted by atomic mass is 9.99. The van der Waals surface area contributed by atoms with E-state index in [9.17, 15) is 0 Å². The van der Waals surface area contributed by atoms with Gasteiger partial charge >= 0.3 is 0 Å². The maximum absolute atomic E-state index is 6.25. The number of rotatable bonds is 2. The highest BCUT2D eigenvalue weighted by Crippen LogP contribution is 2.36. The van der Waals surface area contributed by atoms with E-state index in [4.69, 9.17) is 10.3 Å². The van der Waals surface area contributed by atoms with Gasteiger partial charge < -0.3 is 10.3 Å². The van der Waals surface area contributed by atoms with Gasteiger partial charge in [0.05, 0.1) is 5.54 Å². The zero-order chi connectivity index (χ0) is 11.0. The Labute approximate surface area is 110 Å². The van der Waals surface area contributed by atoms with Crippen molar-refractivity contribution < 1.29 is 4.52 Å². The van der Waals surface area contributed by atoms with E-state index in [0.29, 0.717) is 11.7 Å². The van der Waals surface area contributed by atoms with E-state index in [1.807, 2.05) is 16.8 Å². The predicted octanol–water partition coefficient (Wildman–Crippen LogP) is 2.95. The molecule has 1 aliphatic carbocycles. The van der Waals surface area contributed by atoms with Crippen LogP contribution in [-0.2, 0) is 5.54 Å². The number of nitrogens with zero attached hydrogens (tertiary/aromatic N) is 2. The minimum Gasteiger partial charge on any atom is -0.337 e. The summed E-state index contributed by atoms with van der Waals surface area (Å²) in [5, 5.41) is 7.99. The Bertz CT molecular complexity index is 477. The molecule has 0 aliphatic heterocycles. The van der Waals surface area contributed by atoms with Crippen molar-refractivity contribution in [1.82, 2.24) is 10.1 Å². The SMILES string of the molecule is Cl.NC1(c2nc(-c3ccsc3)no2)CCCC1. The summed E-state index contributed by atoms with van der Waals surface area (Å²) in [6.45, 7) is 0. The van der Waals surface area contributed by atoms with Crippen LogP contribution in [0.25, 0.3) is 11.4 Å². The fourth-order valence-electron chi connectivity index (χ4n) is 2.15. The molecule has 1 saturated carbocycles. The Kier molecular flexibility index (Phi) is 3.51. The highest BCUT2D eigenvalue weighted by atomic mass is 35.5. The molecule has 3 rings (SSSR count). The largest absolute Gasteiger partial charge is 0.337 e. The normalized spacial score (nSPS) is 17.9. The number of nitrogens with two attached hydrogens (primary N) is 1. The van der Waals surface area contributed by atoms with E-state index >= 15 is 0 Å². The van der Waals surface area contributed by atoms with Crippen molar-refractivity contribution in [1.29, 1.82) is 0 Å². The minimum atomic E-state index is -0.388. The summed E-state index contributed by atoms with van der Waals surface area (Å²) in [7, 11) is 0. The first kappa shape index (κ1) is 12.5. The summed E-state index contributed by atoms with van der Waals surface area (Å²) in [6, 6.07) is 1.98. The van der Waals surface area contributed by atoms with Gasteiger partial charge in [-0.25, -0.2) is 0 Å². The van der Waals surface area contributed by atoms with E-state index in [0.717, 1.165) is 31.2 Å². The molecule has 1 fully saturated rings. The van der Waals surface area contributed by atoms with Crippen molar-refractivity contribution >= 4 is 23.7 Å². The van der Waals surface area contributed by atoms with Crippen molar-refractivity contribution in [2.45, 2.75) is 31.2 Å². The second-order valence-electron chi connectivity index (χ2n) is 4.30. The van der Waals surface area contributed by atoms with Crippen LogP contribution in [0.2, 0.25) is 0 Å². The molecule has 6 heteroatoms. The summed E-state index contributed by atoms with van der Waals surface area (Å²) in [6.07, 6.45) is 4.18. The van der Waals surface area contributed by atoms with E-state index in [1.165, 1.54) is 0 Å². The van der Waals surface area contributed by atoms with Crippen LogP contribution in [0.5, 0.6) is 0 Å². The predicted molar refractivity (Wildman–Crippen MR) is 69.2 cm³/mol. The molecule has 2 aromatic heterocycles. The van der Waals surface area contributed by atoms with Gasteiger partial charge in [0, 0.05) is 10.9 Å². The third kappa shape index (κ3) is 2.22. The van der Waals surface area contributed by atoms with Crippen LogP contribution in [0, 0.1) is 0 Å². The number of hydrogen-bond acceptors (Lipinski definition) is 5. The van der Waals surface area contributed by atoms with Crippen molar-refractivity contribution in [3.05, 3.63) is 22.7 Å². The first-order valence-corrected chi connectivity index (χ1v) is 6.38. The Morgan fingerprint density at radius 2 is 2.12 bits per heavy atom. The third-order valence-electron chi connectivity index (χ3n) is 3.13. The number of hydrogen-bond donors (Lipinski definition) is 1. The molecule has 0 atom stereocenters. The molecule has 1 aliphatic rings. The molecular formula is C11H14ClN3OS. The van der Waals surface area contributed by atoms with Gasteiger partial charge in [-0.05, 0) is 24.3 Å². The van der Waals surface area contributed by atoms with Crippen LogP contribution in [0.3, 0.4) is 0 Å². The van der Waals surface area contributed by atoms with E-state index < -0.39 is 0 Å². The van der Waals surface area contributed by atoms with Gasteiger partial charge in [0.15, 0.2) is 0 Å². The van der Waals surface area contributed by atoms with Crippen molar-refractivity contribution in [2.24, 2.45) is 5.73 Å². The van der Waals surface area contributed by atoms with Gasteiger partial charge in [-0.2, -0.15) is 16.3 Å². The first-order chi connectivity index (χ1) is 7.78. The molecule has 4 nitrogen and oxygen atoms in total. The van der Waals surface area contributed by atoms with Crippen molar-refractivity contribution in [3.8, 4) is 11.4 Å². The molecule has 0 radical (unpaired) electrons. The molecule has 0 saturated heterocycles. The van der Waals surface area contributed by atoms with Gasteiger partial charge in [-0.1, -0.05) is 18.0 Å². The Balaban J connectivity index is 0.00000108. The molecule has 0 spiro atoms. The zero-order valence-electron chi connectivity index (χ0n) is 9.26. The van der Waals surface area contributed by atoms with Gasteiger partial charge in [-0.3, -0.25) is 0 Å². The Morgan fingerprint density at radius 3 is 2.76 bits per heavy atom. The van der Waals surface area contributed by atoms with Crippen molar-refractivity contribution in [2.75, 3.05) is 0 Å². The lowest BCUT2D eigenvalue weighted by molar-refractivity contribution is 0.285. The average molecular weight is 272 g/mol. The molecule has 92 valence electrons. The Morgan fingerprint density at radius 1 is 1.35 bits per heavy atom. The van der Waals surface area contributed by atoms with Crippen LogP contribution in [0.15, 0.2) is 21.3 Å². The van der Waals surface area contributed by atoms with E-state index in [2.05, 4.69) is 10.1 Å². The summed E-state index contributed by atoms with van der Waals surface area (Å²) in [4.78, 5) is 4.41. The Hall–Kier alpha value is -0.910. The summed E-state index contributed by atoms with van der Waals surface area (Å²) in [5.41, 5.74) is 6.87. The molecule has 17 heavy (non-hydrogen) atoms. The highest BCUT2D eigenvalue weighted by molar-refractivity contribution is 7.08. The molecule has 2 aromatic rings. The van der Waals surface area contributed by atoms with Gasteiger partial charge in [-0.15, -0.1) is 12.4 Å². The summed E-state index contributed by atoms with van der Waals surface area (Å²) >= 11 is 1.62. The average Bonchev–Trinajstić information content (AvgIpc) is 2.98. The topological polar surface area (TPSA) is 64.9 Å². The van der Waals surface area contributed by atoms with Crippen LogP contribution < -0.4 is 5.73 Å². The highest BCUT2D eigenvalue weighted by Gasteiger charge is 2.36. The fraction of sp³-hybridized carbons (Fsp3) is 0.455. The maximum Gasteiger partial charge on any atom is 0.247 e. The quantitative estimate of drug-likeness (QED) is 0.912. The smallest absolute Gasteiger partial charge is 0.247 e. The molecule has 0 aromatic carbocycles. The summed E-state index contributed by atoms with van der Waals surface area (Å²) < 4.78 is 5.29. The zero-order valence-corrected chi connectivity index (χ0v) is 10.9. The van der Waals surface area contributed by atoms with Crippen molar-refractivity contribution in [3.63, 3.8) is 0 Å². The number of thiophene rings is 1. The molecule has 0 amide bonds. The standard InChI is InChI=1S/C11H13N3OS.ClH/c12-11(4-1-2-5-11)10-13-9(14-15-10)8-3-6-16-7-8;/h3,6-7H,1-2,4-5,12H2;1H. The third-order valence-corrected chi connectivity index (χ3v) is 3.81. The molecule has 0 bridgehead atoms. The number of halogens is 1. The van der Waals surface area contributed by atoms with Crippen LogP contribution in [0.1, 0.15) is 31.6 Å². The number of aromatic nitrogens is 2. The lowest BCUT2D eigenvalue weighted by Crippen LogP contribution is -2.33. The monoisotopic (exact) mass is 271 g/mol. The minimum absolute atomic E-state index is 0. The van der Waals surface area contributed by atoms with Crippen LogP contribution in [-0.4, -0.2) is 10.1 Å². The van der Waals surface area contributed by atoms with Crippen LogP contribution >= 0.6 is 23.7 Å². The summed E-state index contributed by atoms with van der Waals surface area (Å²) in [5.74, 6) is 1.24. The first-order valence-electron chi connectivity index (χ1n) is 5.44. The van der Waals surface area contributed by atoms with Gasteiger partial charge in [0.2, 0.25) is 11.7 Å². The molecule has 2 N–H and O–H groups in total. The van der Waals surface area contributed by atoms with Gasteiger partial charge in [0.25, 0.3) is 0 Å². The van der Waals surface area contributed by atoms with Crippen LogP contribution in [0.4, 0.5) is 0 Å². The second-order valence-corrected chi connectivity index (χ2v) is 5.08. The molecule has 0 unspecified atom stereocenters.